The Morgan fingerprint density at radius 2 is 1.77 bits per heavy atom. The highest BCUT2D eigenvalue weighted by atomic mass is 16.5. The van der Waals surface area contributed by atoms with Crippen LogP contribution in [-0.4, -0.2) is 11.0 Å². The zero-order valence-electron chi connectivity index (χ0n) is 17.9. The minimum Gasteiger partial charge on any atom is -0.452 e. The number of aryl methyl sites for hydroxylation is 1. The average molecular weight is 413 g/mol. The number of rotatable bonds is 3. The number of benzene rings is 2. The van der Waals surface area contributed by atoms with Gasteiger partial charge in [-0.3, -0.25) is 9.78 Å². The van der Waals surface area contributed by atoms with Gasteiger partial charge in [-0.15, -0.1) is 0 Å². The molecule has 5 nitrogen and oxygen atoms in total. The fourth-order valence-electron chi connectivity index (χ4n) is 3.33. The van der Waals surface area contributed by atoms with E-state index in [0.29, 0.717) is 16.5 Å². The van der Waals surface area contributed by atoms with Crippen LogP contribution in [0.2, 0.25) is 0 Å². The molecular weight excluding hydrogens is 390 g/mol. The van der Waals surface area contributed by atoms with Crippen molar-refractivity contribution in [1.82, 2.24) is 4.98 Å². The van der Waals surface area contributed by atoms with Crippen LogP contribution >= 0.6 is 0 Å². The molecule has 4 aromatic rings. The maximum Gasteiger partial charge on any atom is 0.345 e. The van der Waals surface area contributed by atoms with Crippen LogP contribution < -0.4 is 10.2 Å². The second-order valence-corrected chi connectivity index (χ2v) is 8.55. The quantitative estimate of drug-likeness (QED) is 0.404. The summed E-state index contributed by atoms with van der Waals surface area (Å²) in [6.45, 7) is 8.27. The van der Waals surface area contributed by atoms with E-state index in [1.165, 1.54) is 6.20 Å². The second-order valence-electron chi connectivity index (χ2n) is 8.55. The number of ether oxygens (including phenoxy) is 1. The second kappa shape index (κ2) is 7.84. The van der Waals surface area contributed by atoms with E-state index < -0.39 is 11.4 Å². The Labute approximate surface area is 180 Å². The first kappa shape index (κ1) is 20.5. The zero-order valence-corrected chi connectivity index (χ0v) is 17.9. The average Bonchev–Trinajstić information content (AvgIpc) is 2.76. The molecule has 2 heterocycles. The van der Waals surface area contributed by atoms with Gasteiger partial charge < -0.3 is 9.15 Å². The molecule has 0 aliphatic rings. The summed E-state index contributed by atoms with van der Waals surface area (Å²) in [5.41, 5.74) is 2.98. The normalized spacial score (nSPS) is 11.5. The van der Waals surface area contributed by atoms with Crippen LogP contribution in [0.5, 0.6) is 5.75 Å². The van der Waals surface area contributed by atoms with E-state index in [0.717, 1.165) is 11.1 Å². The minimum absolute atomic E-state index is 0.0180. The van der Waals surface area contributed by atoms with Crippen molar-refractivity contribution in [3.8, 4) is 17.1 Å². The fourth-order valence-corrected chi connectivity index (χ4v) is 3.33. The van der Waals surface area contributed by atoms with Gasteiger partial charge in [0.2, 0.25) is 11.2 Å². The van der Waals surface area contributed by atoms with Gasteiger partial charge in [0.1, 0.15) is 5.58 Å². The van der Waals surface area contributed by atoms with E-state index in [4.69, 9.17) is 9.15 Å². The van der Waals surface area contributed by atoms with E-state index in [9.17, 15) is 9.59 Å². The molecule has 2 aromatic carbocycles. The molecule has 0 aliphatic carbocycles. The topological polar surface area (TPSA) is 69.4 Å². The van der Waals surface area contributed by atoms with E-state index in [2.05, 4.69) is 25.8 Å². The van der Waals surface area contributed by atoms with Crippen molar-refractivity contribution in [1.29, 1.82) is 0 Å². The van der Waals surface area contributed by atoms with Crippen molar-refractivity contribution in [3.05, 3.63) is 93.9 Å². The number of fused-ring (bicyclic) bond motifs is 1. The maximum atomic E-state index is 13.3. The first-order valence-corrected chi connectivity index (χ1v) is 10.0. The SMILES string of the molecule is Cc1ccc2oc(-c3ccc(C(C)(C)C)cc3)c(OC(=O)c3cccnc3)c(=O)c2c1. The van der Waals surface area contributed by atoms with Gasteiger partial charge in [-0.25, -0.2) is 4.79 Å². The minimum atomic E-state index is -0.667. The Balaban J connectivity index is 1.89. The molecule has 0 N–H and O–H groups in total. The predicted molar refractivity (Wildman–Crippen MR) is 121 cm³/mol. The van der Waals surface area contributed by atoms with Crippen LogP contribution in [0.25, 0.3) is 22.3 Å². The van der Waals surface area contributed by atoms with Crippen molar-refractivity contribution in [2.24, 2.45) is 0 Å². The third-order valence-electron chi connectivity index (χ3n) is 5.11. The Hall–Kier alpha value is -3.73. The molecule has 156 valence electrons. The number of esters is 1. The van der Waals surface area contributed by atoms with Crippen LogP contribution in [-0.2, 0) is 5.41 Å². The van der Waals surface area contributed by atoms with E-state index in [1.807, 2.05) is 37.3 Å². The summed E-state index contributed by atoms with van der Waals surface area (Å²) in [5, 5.41) is 0.365. The van der Waals surface area contributed by atoms with Gasteiger partial charge in [0.15, 0.2) is 5.76 Å². The standard InChI is InChI=1S/C26H23NO4/c1-16-7-12-21-20(14-16)22(28)24(31-25(29)18-6-5-13-27-15-18)23(30-21)17-8-10-19(11-9-17)26(2,3)4/h5-15H,1-4H3. The van der Waals surface area contributed by atoms with Crippen molar-refractivity contribution in [3.63, 3.8) is 0 Å². The lowest BCUT2D eigenvalue weighted by Crippen LogP contribution is -2.16. The molecule has 0 saturated heterocycles. The van der Waals surface area contributed by atoms with Crippen molar-refractivity contribution in [2.45, 2.75) is 33.1 Å². The predicted octanol–water partition coefficient (Wildman–Crippen LogP) is 5.68. The Morgan fingerprint density at radius 1 is 1.03 bits per heavy atom. The summed E-state index contributed by atoms with van der Waals surface area (Å²) in [4.78, 5) is 30.0. The fraction of sp³-hybridized carbons (Fsp3) is 0.192. The van der Waals surface area contributed by atoms with E-state index in [1.54, 1.807) is 30.5 Å². The van der Waals surface area contributed by atoms with Crippen molar-refractivity contribution >= 4 is 16.9 Å². The summed E-state index contributed by atoms with van der Waals surface area (Å²) in [6.07, 6.45) is 2.96. The van der Waals surface area contributed by atoms with Crippen molar-refractivity contribution in [2.75, 3.05) is 0 Å². The number of aromatic nitrogens is 1. The number of hydrogen-bond acceptors (Lipinski definition) is 5. The van der Waals surface area contributed by atoms with Gasteiger partial charge in [-0.1, -0.05) is 56.7 Å². The first-order chi connectivity index (χ1) is 14.7. The lowest BCUT2D eigenvalue weighted by Gasteiger charge is -2.19. The third-order valence-corrected chi connectivity index (χ3v) is 5.11. The lowest BCUT2D eigenvalue weighted by atomic mass is 9.86. The van der Waals surface area contributed by atoms with Crippen LogP contribution in [0.4, 0.5) is 0 Å². The highest BCUT2D eigenvalue weighted by Crippen LogP contribution is 2.33. The number of pyridine rings is 1. The molecule has 0 amide bonds. The summed E-state index contributed by atoms with van der Waals surface area (Å²) < 4.78 is 11.7. The van der Waals surface area contributed by atoms with E-state index >= 15 is 0 Å². The lowest BCUT2D eigenvalue weighted by molar-refractivity contribution is 0.0731. The largest absolute Gasteiger partial charge is 0.452 e. The maximum absolute atomic E-state index is 13.3. The van der Waals surface area contributed by atoms with Gasteiger partial charge >= 0.3 is 5.97 Å². The van der Waals surface area contributed by atoms with Crippen molar-refractivity contribution < 1.29 is 13.9 Å². The van der Waals surface area contributed by atoms with Crippen LogP contribution in [0.1, 0.15) is 42.3 Å². The van der Waals surface area contributed by atoms with Gasteiger partial charge in [-0.05, 0) is 42.2 Å². The molecule has 0 fully saturated rings. The number of carbonyl (C=O) groups excluding carboxylic acids is 1. The molecule has 0 bridgehead atoms. The van der Waals surface area contributed by atoms with Crippen LogP contribution in [0, 0.1) is 6.92 Å². The third kappa shape index (κ3) is 4.12. The number of hydrogen-bond donors (Lipinski definition) is 0. The highest BCUT2D eigenvalue weighted by Gasteiger charge is 2.22. The van der Waals surface area contributed by atoms with Crippen LogP contribution in [0.3, 0.4) is 0 Å². The molecule has 0 saturated carbocycles. The number of carbonyl (C=O) groups is 1. The molecule has 31 heavy (non-hydrogen) atoms. The summed E-state index contributed by atoms with van der Waals surface area (Å²) in [5.74, 6) is -0.575. The zero-order chi connectivity index (χ0) is 22.2. The molecule has 0 spiro atoms. The molecule has 0 radical (unpaired) electrons. The molecule has 0 aliphatic heterocycles. The van der Waals surface area contributed by atoms with Gasteiger partial charge in [0.25, 0.3) is 0 Å². The smallest absolute Gasteiger partial charge is 0.345 e. The van der Waals surface area contributed by atoms with Crippen LogP contribution in [0.15, 0.2) is 76.2 Å². The van der Waals surface area contributed by atoms with Gasteiger partial charge in [0, 0.05) is 18.0 Å². The summed E-state index contributed by atoms with van der Waals surface area (Å²) in [7, 11) is 0. The molecule has 5 heteroatoms. The Morgan fingerprint density at radius 3 is 2.42 bits per heavy atom. The molecule has 0 atom stereocenters. The van der Waals surface area contributed by atoms with Gasteiger partial charge in [-0.2, -0.15) is 0 Å². The van der Waals surface area contributed by atoms with E-state index in [-0.39, 0.29) is 22.5 Å². The molecule has 4 rings (SSSR count). The Bertz CT molecular complexity index is 1310. The molecule has 2 aromatic heterocycles. The van der Waals surface area contributed by atoms with Gasteiger partial charge in [0.05, 0.1) is 10.9 Å². The molecule has 0 unspecified atom stereocenters. The molecular formula is C26H23NO4. The summed E-state index contributed by atoms with van der Waals surface area (Å²) in [6, 6.07) is 16.3. The number of nitrogens with zero attached hydrogens (tertiary/aromatic N) is 1. The summed E-state index contributed by atoms with van der Waals surface area (Å²) >= 11 is 0. The monoisotopic (exact) mass is 413 g/mol. The highest BCUT2D eigenvalue weighted by molar-refractivity contribution is 5.92. The Kier molecular flexibility index (Phi) is 5.19. The first-order valence-electron chi connectivity index (χ1n) is 10.0.